The maximum atomic E-state index is 11.0. The number of methoxy groups -OCH3 is 1. The summed E-state index contributed by atoms with van der Waals surface area (Å²) in [5.41, 5.74) is 1.71. The van der Waals surface area contributed by atoms with Crippen LogP contribution >= 0.6 is 11.3 Å². The number of carbonyl (C=O) groups is 1. The molecule has 0 unspecified atom stereocenters. The first-order chi connectivity index (χ1) is 12.6. The highest BCUT2D eigenvalue weighted by molar-refractivity contribution is 7.13. The highest BCUT2D eigenvalue weighted by Crippen LogP contribution is 2.35. The van der Waals surface area contributed by atoms with Crippen LogP contribution in [0.25, 0.3) is 22.0 Å². The summed E-state index contributed by atoms with van der Waals surface area (Å²) in [6, 6.07) is 9.45. The lowest BCUT2D eigenvalue weighted by Gasteiger charge is -2.09. The standard InChI is InChI=1S/C19H20N2O4S/c1-4-24-17-7-5-13(9-18(17)23-3)19-21-15(11-26-19)16-8-6-14(25-16)10-20-12(2)22/h5-9,11H,4,10H2,1-3H3,(H,20,22). The van der Waals surface area contributed by atoms with Crippen LogP contribution in [0.1, 0.15) is 19.6 Å². The largest absolute Gasteiger partial charge is 0.493 e. The Morgan fingerprint density at radius 3 is 2.85 bits per heavy atom. The van der Waals surface area contributed by atoms with Gasteiger partial charge >= 0.3 is 0 Å². The molecule has 0 radical (unpaired) electrons. The summed E-state index contributed by atoms with van der Waals surface area (Å²) < 4.78 is 16.7. The van der Waals surface area contributed by atoms with E-state index < -0.39 is 0 Å². The van der Waals surface area contributed by atoms with Crippen molar-refractivity contribution in [2.75, 3.05) is 13.7 Å². The molecule has 2 heterocycles. The zero-order valence-electron chi connectivity index (χ0n) is 14.9. The van der Waals surface area contributed by atoms with E-state index in [1.807, 2.05) is 42.6 Å². The van der Waals surface area contributed by atoms with Gasteiger partial charge in [0.25, 0.3) is 0 Å². The van der Waals surface area contributed by atoms with Gasteiger partial charge in [0.1, 0.15) is 16.5 Å². The lowest BCUT2D eigenvalue weighted by Crippen LogP contribution is -2.18. The Balaban J connectivity index is 1.80. The Labute approximate surface area is 155 Å². The molecular formula is C19H20N2O4S. The summed E-state index contributed by atoms with van der Waals surface area (Å²) in [5.74, 6) is 2.66. The molecule has 0 bridgehead atoms. The Hall–Kier alpha value is -2.80. The Bertz CT molecular complexity index is 901. The number of nitrogens with zero attached hydrogens (tertiary/aromatic N) is 1. The Kier molecular flexibility index (Phi) is 5.58. The quantitative estimate of drug-likeness (QED) is 0.675. The first-order valence-electron chi connectivity index (χ1n) is 8.21. The Morgan fingerprint density at radius 2 is 2.12 bits per heavy atom. The number of aromatic nitrogens is 1. The number of carbonyl (C=O) groups excluding carboxylic acids is 1. The van der Waals surface area contributed by atoms with E-state index in [9.17, 15) is 4.79 Å². The van der Waals surface area contributed by atoms with Crippen LogP contribution in [0.4, 0.5) is 0 Å². The minimum atomic E-state index is -0.0941. The zero-order valence-corrected chi connectivity index (χ0v) is 15.7. The molecule has 2 aromatic heterocycles. The van der Waals surface area contributed by atoms with Crippen molar-refractivity contribution in [3.05, 3.63) is 41.5 Å². The average molecular weight is 372 g/mol. The number of nitrogens with one attached hydrogen (secondary N) is 1. The van der Waals surface area contributed by atoms with Gasteiger partial charge in [0.05, 0.1) is 20.3 Å². The van der Waals surface area contributed by atoms with Crippen LogP contribution in [0.3, 0.4) is 0 Å². The monoisotopic (exact) mass is 372 g/mol. The number of ether oxygens (including phenoxy) is 2. The van der Waals surface area contributed by atoms with Crippen molar-refractivity contribution < 1.29 is 18.7 Å². The smallest absolute Gasteiger partial charge is 0.217 e. The van der Waals surface area contributed by atoms with Crippen LogP contribution in [-0.4, -0.2) is 24.6 Å². The molecule has 3 rings (SSSR count). The van der Waals surface area contributed by atoms with Crippen LogP contribution in [0.2, 0.25) is 0 Å². The number of hydrogen-bond acceptors (Lipinski definition) is 6. The number of furan rings is 1. The summed E-state index contributed by atoms with van der Waals surface area (Å²) >= 11 is 1.53. The number of rotatable bonds is 7. The zero-order chi connectivity index (χ0) is 18.5. The molecular weight excluding hydrogens is 352 g/mol. The van der Waals surface area contributed by atoms with Gasteiger partial charge in [-0.2, -0.15) is 0 Å². The van der Waals surface area contributed by atoms with Crippen LogP contribution in [-0.2, 0) is 11.3 Å². The van der Waals surface area contributed by atoms with Crippen molar-refractivity contribution in [1.29, 1.82) is 0 Å². The van der Waals surface area contributed by atoms with E-state index in [-0.39, 0.29) is 5.91 Å². The van der Waals surface area contributed by atoms with E-state index in [1.54, 1.807) is 7.11 Å². The summed E-state index contributed by atoms with van der Waals surface area (Å²) in [6.45, 7) is 4.35. The van der Waals surface area contributed by atoms with Crippen LogP contribution in [0.5, 0.6) is 11.5 Å². The first-order valence-corrected chi connectivity index (χ1v) is 9.09. The van der Waals surface area contributed by atoms with Gasteiger partial charge in [-0.05, 0) is 37.3 Å². The second-order valence-corrected chi connectivity index (χ2v) is 6.37. The van der Waals surface area contributed by atoms with Gasteiger partial charge in [-0.3, -0.25) is 4.79 Å². The molecule has 1 N–H and O–H groups in total. The second-order valence-electron chi connectivity index (χ2n) is 5.51. The SMILES string of the molecule is CCOc1ccc(-c2nc(-c3ccc(CNC(C)=O)o3)cs2)cc1OC. The third-order valence-corrected chi connectivity index (χ3v) is 4.53. The van der Waals surface area contributed by atoms with Crippen molar-refractivity contribution in [1.82, 2.24) is 10.3 Å². The normalized spacial score (nSPS) is 10.6. The van der Waals surface area contributed by atoms with Crippen molar-refractivity contribution in [3.8, 4) is 33.5 Å². The lowest BCUT2D eigenvalue weighted by molar-refractivity contribution is -0.119. The van der Waals surface area contributed by atoms with E-state index in [0.717, 1.165) is 16.3 Å². The van der Waals surface area contributed by atoms with E-state index in [2.05, 4.69) is 10.3 Å². The third kappa shape index (κ3) is 4.05. The van der Waals surface area contributed by atoms with Crippen LogP contribution < -0.4 is 14.8 Å². The number of hydrogen-bond donors (Lipinski definition) is 1. The molecule has 7 heteroatoms. The van der Waals surface area contributed by atoms with E-state index in [1.165, 1.54) is 18.3 Å². The summed E-state index contributed by atoms with van der Waals surface area (Å²) in [7, 11) is 1.62. The molecule has 3 aromatic rings. The van der Waals surface area contributed by atoms with E-state index >= 15 is 0 Å². The molecule has 0 aliphatic heterocycles. The van der Waals surface area contributed by atoms with Gasteiger partial charge < -0.3 is 19.2 Å². The topological polar surface area (TPSA) is 73.6 Å². The van der Waals surface area contributed by atoms with Crippen molar-refractivity contribution >= 4 is 17.2 Å². The van der Waals surface area contributed by atoms with Crippen LogP contribution in [0, 0.1) is 0 Å². The number of benzene rings is 1. The van der Waals surface area contributed by atoms with Crippen molar-refractivity contribution in [2.45, 2.75) is 20.4 Å². The van der Waals surface area contributed by atoms with Gasteiger partial charge in [-0.15, -0.1) is 11.3 Å². The van der Waals surface area contributed by atoms with Gasteiger partial charge in [0, 0.05) is 17.9 Å². The molecule has 136 valence electrons. The van der Waals surface area contributed by atoms with E-state index in [4.69, 9.17) is 13.9 Å². The molecule has 6 nitrogen and oxygen atoms in total. The fourth-order valence-electron chi connectivity index (χ4n) is 2.42. The summed E-state index contributed by atoms with van der Waals surface area (Å²) in [5, 5.41) is 5.52. The summed E-state index contributed by atoms with van der Waals surface area (Å²) in [4.78, 5) is 15.6. The van der Waals surface area contributed by atoms with E-state index in [0.29, 0.717) is 36.2 Å². The molecule has 0 aliphatic rings. The maximum Gasteiger partial charge on any atom is 0.217 e. The molecule has 0 saturated heterocycles. The highest BCUT2D eigenvalue weighted by atomic mass is 32.1. The van der Waals surface area contributed by atoms with Gasteiger partial charge in [0.15, 0.2) is 17.3 Å². The predicted octanol–water partition coefficient (Wildman–Crippen LogP) is 4.11. The fraction of sp³-hybridized carbons (Fsp3) is 0.263. The summed E-state index contributed by atoms with van der Waals surface area (Å²) in [6.07, 6.45) is 0. The van der Waals surface area contributed by atoms with Crippen LogP contribution in [0.15, 0.2) is 40.1 Å². The number of thiazole rings is 1. The van der Waals surface area contributed by atoms with Crippen molar-refractivity contribution in [2.24, 2.45) is 0 Å². The molecule has 0 aliphatic carbocycles. The van der Waals surface area contributed by atoms with Gasteiger partial charge in [0.2, 0.25) is 5.91 Å². The molecule has 0 atom stereocenters. The molecule has 26 heavy (non-hydrogen) atoms. The van der Waals surface area contributed by atoms with Gasteiger partial charge in [-0.25, -0.2) is 4.98 Å². The number of amides is 1. The minimum absolute atomic E-state index is 0.0941. The van der Waals surface area contributed by atoms with Crippen molar-refractivity contribution in [3.63, 3.8) is 0 Å². The molecule has 0 saturated carbocycles. The third-order valence-electron chi connectivity index (χ3n) is 3.64. The van der Waals surface area contributed by atoms with Gasteiger partial charge in [-0.1, -0.05) is 0 Å². The maximum absolute atomic E-state index is 11.0. The highest BCUT2D eigenvalue weighted by Gasteiger charge is 2.13. The molecule has 1 aromatic carbocycles. The molecule has 0 fully saturated rings. The first kappa shape index (κ1) is 18.0. The molecule has 0 spiro atoms. The second kappa shape index (κ2) is 8.05. The fourth-order valence-corrected chi connectivity index (χ4v) is 3.22. The average Bonchev–Trinajstić information content (AvgIpc) is 3.30. The lowest BCUT2D eigenvalue weighted by atomic mass is 10.2. The minimum Gasteiger partial charge on any atom is -0.493 e. The Morgan fingerprint density at radius 1 is 1.27 bits per heavy atom. The predicted molar refractivity (Wildman–Crippen MR) is 100 cm³/mol. The molecule has 1 amide bonds.